The van der Waals surface area contributed by atoms with Crippen molar-refractivity contribution in [3.63, 3.8) is 0 Å². The van der Waals surface area contributed by atoms with Crippen LogP contribution < -0.4 is 5.73 Å². The second-order valence-corrected chi connectivity index (χ2v) is 5.78. The van der Waals surface area contributed by atoms with Gasteiger partial charge in [-0.15, -0.1) is 0 Å². The Morgan fingerprint density at radius 2 is 1.71 bits per heavy atom. The molecule has 1 nitrogen and oxygen atoms in total. The predicted octanol–water partition coefficient (Wildman–Crippen LogP) is 3.87. The van der Waals surface area contributed by atoms with E-state index in [0.29, 0.717) is 12.8 Å². The van der Waals surface area contributed by atoms with E-state index in [9.17, 15) is 13.2 Å². The fourth-order valence-electron chi connectivity index (χ4n) is 3.13. The normalized spacial score (nSPS) is 32.5. The summed E-state index contributed by atoms with van der Waals surface area (Å²) < 4.78 is 38.7. The third kappa shape index (κ3) is 3.60. The van der Waals surface area contributed by atoms with Gasteiger partial charge in [-0.1, -0.05) is 25.7 Å². The fraction of sp³-hybridized carbons (Fsp3) is 1.00. The molecule has 2 aliphatic carbocycles. The quantitative estimate of drug-likeness (QED) is 0.804. The maximum atomic E-state index is 12.9. The second kappa shape index (κ2) is 5.17. The molecule has 0 heterocycles. The number of hydrogen-bond acceptors (Lipinski definition) is 1. The summed E-state index contributed by atoms with van der Waals surface area (Å²) in [6.07, 6.45) is 2.82. The lowest BCUT2D eigenvalue weighted by Crippen LogP contribution is -2.43. The first-order valence-electron chi connectivity index (χ1n) is 6.81. The molecule has 17 heavy (non-hydrogen) atoms. The van der Waals surface area contributed by atoms with Crippen molar-refractivity contribution in [3.8, 4) is 0 Å². The largest absolute Gasteiger partial charge is 0.392 e. The van der Waals surface area contributed by atoms with Gasteiger partial charge >= 0.3 is 6.18 Å². The van der Waals surface area contributed by atoms with Crippen molar-refractivity contribution in [2.45, 2.75) is 63.6 Å². The molecule has 2 saturated carbocycles. The van der Waals surface area contributed by atoms with Gasteiger partial charge in [-0.25, -0.2) is 0 Å². The Balaban J connectivity index is 1.89. The molecule has 2 aliphatic rings. The Morgan fingerprint density at radius 1 is 1.06 bits per heavy atom. The summed E-state index contributed by atoms with van der Waals surface area (Å²) >= 11 is 0. The predicted molar refractivity (Wildman–Crippen MR) is 61.4 cm³/mol. The number of halogens is 3. The zero-order valence-electron chi connectivity index (χ0n) is 10.2. The fourth-order valence-corrected chi connectivity index (χ4v) is 3.13. The summed E-state index contributed by atoms with van der Waals surface area (Å²) in [6, 6.07) is -0.248. The topological polar surface area (TPSA) is 26.0 Å². The van der Waals surface area contributed by atoms with Crippen molar-refractivity contribution < 1.29 is 13.2 Å². The number of hydrogen-bond donors (Lipinski definition) is 1. The molecular weight excluding hydrogens is 227 g/mol. The molecule has 0 spiro atoms. The second-order valence-electron chi connectivity index (χ2n) is 5.78. The van der Waals surface area contributed by atoms with Crippen LogP contribution in [0.1, 0.15) is 51.4 Å². The van der Waals surface area contributed by atoms with E-state index in [1.54, 1.807) is 0 Å². The van der Waals surface area contributed by atoms with E-state index in [2.05, 4.69) is 0 Å². The molecule has 2 N–H and O–H groups in total. The molecule has 0 bridgehead atoms. The minimum Gasteiger partial charge on any atom is -0.327 e. The average molecular weight is 249 g/mol. The van der Waals surface area contributed by atoms with Gasteiger partial charge in [0.05, 0.1) is 5.92 Å². The maximum Gasteiger partial charge on any atom is 0.392 e. The standard InChI is InChI=1S/C13H22F3N/c14-13(15,16)11-4-2-1-3-10(11)12(17)8-7-9-5-6-9/h9-12H,1-8,17H2. The molecule has 0 aliphatic heterocycles. The van der Waals surface area contributed by atoms with Crippen molar-refractivity contribution in [1.82, 2.24) is 0 Å². The monoisotopic (exact) mass is 249 g/mol. The van der Waals surface area contributed by atoms with Crippen molar-refractivity contribution in [3.05, 3.63) is 0 Å². The summed E-state index contributed by atoms with van der Waals surface area (Å²) in [4.78, 5) is 0. The van der Waals surface area contributed by atoms with Gasteiger partial charge in [-0.2, -0.15) is 13.2 Å². The lowest BCUT2D eigenvalue weighted by molar-refractivity contribution is -0.198. The maximum absolute atomic E-state index is 12.9. The molecule has 0 radical (unpaired) electrons. The Hall–Kier alpha value is -0.250. The molecule has 0 amide bonds. The van der Waals surface area contributed by atoms with Crippen LogP contribution in [0.4, 0.5) is 13.2 Å². The van der Waals surface area contributed by atoms with Gasteiger partial charge in [0.25, 0.3) is 0 Å². The molecule has 4 heteroatoms. The Morgan fingerprint density at radius 3 is 2.29 bits per heavy atom. The van der Waals surface area contributed by atoms with Gasteiger partial charge in [0.15, 0.2) is 0 Å². The summed E-state index contributed by atoms with van der Waals surface area (Å²) in [7, 11) is 0. The van der Waals surface area contributed by atoms with Gasteiger partial charge < -0.3 is 5.73 Å². The third-order valence-electron chi connectivity index (χ3n) is 4.39. The van der Waals surface area contributed by atoms with E-state index in [-0.39, 0.29) is 18.4 Å². The average Bonchev–Trinajstić information content (AvgIpc) is 3.08. The minimum absolute atomic E-state index is 0.248. The Kier molecular flexibility index (Phi) is 4.01. The van der Waals surface area contributed by atoms with Crippen LogP contribution >= 0.6 is 0 Å². The van der Waals surface area contributed by atoms with Crippen LogP contribution in [-0.4, -0.2) is 12.2 Å². The van der Waals surface area contributed by atoms with Crippen LogP contribution in [0.2, 0.25) is 0 Å². The number of rotatable bonds is 4. The first-order chi connectivity index (χ1) is 7.98. The van der Waals surface area contributed by atoms with Crippen LogP contribution in [0.15, 0.2) is 0 Å². The molecule has 0 aromatic rings. The minimum atomic E-state index is -4.05. The van der Waals surface area contributed by atoms with Crippen molar-refractivity contribution in [2.75, 3.05) is 0 Å². The van der Waals surface area contributed by atoms with E-state index < -0.39 is 12.1 Å². The van der Waals surface area contributed by atoms with Gasteiger partial charge in [0.1, 0.15) is 0 Å². The molecule has 0 aromatic heterocycles. The highest BCUT2D eigenvalue weighted by Crippen LogP contribution is 2.44. The highest BCUT2D eigenvalue weighted by atomic mass is 19.4. The molecule has 100 valence electrons. The van der Waals surface area contributed by atoms with Gasteiger partial charge in [0.2, 0.25) is 0 Å². The van der Waals surface area contributed by atoms with E-state index in [1.165, 1.54) is 12.8 Å². The summed E-state index contributed by atoms with van der Waals surface area (Å²) in [5.41, 5.74) is 6.01. The van der Waals surface area contributed by atoms with E-state index >= 15 is 0 Å². The van der Waals surface area contributed by atoms with Gasteiger partial charge in [-0.05, 0) is 37.5 Å². The van der Waals surface area contributed by atoms with Gasteiger partial charge in [0, 0.05) is 6.04 Å². The smallest absolute Gasteiger partial charge is 0.327 e. The van der Waals surface area contributed by atoms with Crippen LogP contribution in [0, 0.1) is 17.8 Å². The summed E-state index contributed by atoms with van der Waals surface area (Å²) in [5, 5.41) is 0. The zero-order valence-corrected chi connectivity index (χ0v) is 10.2. The lowest BCUT2D eigenvalue weighted by atomic mass is 9.74. The highest BCUT2D eigenvalue weighted by Gasteiger charge is 2.47. The molecule has 3 unspecified atom stereocenters. The first-order valence-corrected chi connectivity index (χ1v) is 6.81. The molecule has 3 atom stereocenters. The molecule has 2 fully saturated rings. The lowest BCUT2D eigenvalue weighted by Gasteiger charge is -2.36. The number of nitrogens with two attached hydrogens (primary N) is 1. The van der Waals surface area contributed by atoms with Crippen LogP contribution in [0.25, 0.3) is 0 Å². The third-order valence-corrected chi connectivity index (χ3v) is 4.39. The van der Waals surface area contributed by atoms with E-state index in [4.69, 9.17) is 5.73 Å². The Bertz CT molecular complexity index is 248. The molecule has 0 saturated heterocycles. The summed E-state index contributed by atoms with van der Waals surface area (Å²) in [6.45, 7) is 0. The number of alkyl halides is 3. The van der Waals surface area contributed by atoms with Crippen molar-refractivity contribution in [2.24, 2.45) is 23.5 Å². The van der Waals surface area contributed by atoms with Gasteiger partial charge in [-0.3, -0.25) is 0 Å². The zero-order chi connectivity index (χ0) is 12.5. The molecule has 2 rings (SSSR count). The first kappa shape index (κ1) is 13.2. The molecular formula is C13H22F3N. The van der Waals surface area contributed by atoms with Crippen LogP contribution in [0.5, 0.6) is 0 Å². The Labute approximate surface area is 101 Å². The summed E-state index contributed by atoms with van der Waals surface area (Å²) in [5.74, 6) is -0.720. The highest BCUT2D eigenvalue weighted by molar-refractivity contribution is 4.88. The SMILES string of the molecule is NC(CCC1CC1)C1CCCCC1C(F)(F)F. The van der Waals surface area contributed by atoms with Crippen molar-refractivity contribution in [1.29, 1.82) is 0 Å². The van der Waals surface area contributed by atoms with E-state index in [1.807, 2.05) is 0 Å². The van der Waals surface area contributed by atoms with Crippen LogP contribution in [-0.2, 0) is 0 Å². The molecule has 0 aromatic carbocycles. The van der Waals surface area contributed by atoms with Crippen molar-refractivity contribution >= 4 is 0 Å². The van der Waals surface area contributed by atoms with E-state index in [0.717, 1.165) is 25.2 Å². The van der Waals surface area contributed by atoms with Crippen LogP contribution in [0.3, 0.4) is 0 Å².